The molecule has 16 heavy (non-hydrogen) atoms. The Bertz CT molecular complexity index is 249. The standard InChI is InChI=1S/C14H23NO/c1-2-3-4-5-6-7-8-11-14(16)15-12-9-10-13-15/h6-8,11H,2-5,9-10,12-13H2,1H3/b7-6+,11-8+. The van der Waals surface area contributed by atoms with Crippen LogP contribution in [0.1, 0.15) is 45.4 Å². The maximum atomic E-state index is 11.6. The Morgan fingerprint density at radius 1 is 1.19 bits per heavy atom. The summed E-state index contributed by atoms with van der Waals surface area (Å²) in [6, 6.07) is 0. The van der Waals surface area contributed by atoms with Crippen LogP contribution >= 0.6 is 0 Å². The molecule has 1 heterocycles. The zero-order valence-electron chi connectivity index (χ0n) is 10.3. The van der Waals surface area contributed by atoms with Gasteiger partial charge in [-0.3, -0.25) is 4.79 Å². The normalized spacial score (nSPS) is 16.7. The van der Waals surface area contributed by atoms with Gasteiger partial charge in [0.05, 0.1) is 0 Å². The van der Waals surface area contributed by atoms with Crippen LogP contribution in [0.15, 0.2) is 24.3 Å². The van der Waals surface area contributed by atoms with Crippen molar-refractivity contribution >= 4 is 5.91 Å². The fraction of sp³-hybridized carbons (Fsp3) is 0.643. The van der Waals surface area contributed by atoms with Crippen molar-refractivity contribution in [2.45, 2.75) is 45.4 Å². The molecule has 1 saturated heterocycles. The average molecular weight is 221 g/mol. The van der Waals surface area contributed by atoms with Crippen LogP contribution < -0.4 is 0 Å². The molecule has 0 aromatic heterocycles. The second-order valence-corrected chi connectivity index (χ2v) is 4.32. The van der Waals surface area contributed by atoms with Gasteiger partial charge in [-0.25, -0.2) is 0 Å². The smallest absolute Gasteiger partial charge is 0.246 e. The molecule has 0 aromatic carbocycles. The topological polar surface area (TPSA) is 20.3 Å². The predicted octanol–water partition coefficient (Wildman–Crippen LogP) is 3.30. The molecular formula is C14H23NO. The van der Waals surface area contributed by atoms with Gasteiger partial charge in [0.2, 0.25) is 5.91 Å². The van der Waals surface area contributed by atoms with Gasteiger partial charge in [0.25, 0.3) is 0 Å². The van der Waals surface area contributed by atoms with E-state index in [1.807, 2.05) is 17.1 Å². The van der Waals surface area contributed by atoms with Crippen LogP contribution in [0.25, 0.3) is 0 Å². The molecule has 0 saturated carbocycles. The van der Waals surface area contributed by atoms with E-state index in [1.165, 1.54) is 19.3 Å². The minimum Gasteiger partial charge on any atom is -0.339 e. The lowest BCUT2D eigenvalue weighted by Crippen LogP contribution is -2.25. The Morgan fingerprint density at radius 3 is 2.62 bits per heavy atom. The first kappa shape index (κ1) is 13.0. The van der Waals surface area contributed by atoms with Crippen molar-refractivity contribution in [2.75, 3.05) is 13.1 Å². The van der Waals surface area contributed by atoms with Crippen molar-refractivity contribution < 1.29 is 4.79 Å². The van der Waals surface area contributed by atoms with Gasteiger partial charge in [0, 0.05) is 19.2 Å². The number of hydrogen-bond donors (Lipinski definition) is 0. The lowest BCUT2D eigenvalue weighted by Gasteiger charge is -2.11. The molecule has 1 aliphatic rings. The van der Waals surface area contributed by atoms with Crippen LogP contribution in [0.3, 0.4) is 0 Å². The Labute approximate surface area is 99.0 Å². The number of likely N-dealkylation sites (tertiary alicyclic amines) is 1. The van der Waals surface area contributed by atoms with Gasteiger partial charge >= 0.3 is 0 Å². The molecule has 1 rings (SSSR count). The van der Waals surface area contributed by atoms with E-state index < -0.39 is 0 Å². The van der Waals surface area contributed by atoms with Gasteiger partial charge < -0.3 is 4.90 Å². The Hall–Kier alpha value is -1.05. The lowest BCUT2D eigenvalue weighted by atomic mass is 10.2. The largest absolute Gasteiger partial charge is 0.339 e. The summed E-state index contributed by atoms with van der Waals surface area (Å²) in [6.07, 6.45) is 14.9. The van der Waals surface area contributed by atoms with Crippen LogP contribution in [0, 0.1) is 0 Å². The molecule has 2 heteroatoms. The third-order valence-corrected chi connectivity index (χ3v) is 2.88. The molecule has 0 aromatic rings. The Morgan fingerprint density at radius 2 is 1.94 bits per heavy atom. The SMILES string of the molecule is CCCCC/C=C/C=C/C(=O)N1CCCC1. The summed E-state index contributed by atoms with van der Waals surface area (Å²) < 4.78 is 0. The minimum atomic E-state index is 0.163. The first-order valence-corrected chi connectivity index (χ1v) is 6.46. The monoisotopic (exact) mass is 221 g/mol. The predicted molar refractivity (Wildman–Crippen MR) is 68.2 cm³/mol. The Kier molecular flexibility index (Phi) is 6.62. The van der Waals surface area contributed by atoms with Gasteiger partial charge in [-0.15, -0.1) is 0 Å². The number of hydrogen-bond acceptors (Lipinski definition) is 1. The molecule has 0 radical (unpaired) electrons. The molecule has 0 atom stereocenters. The first-order chi connectivity index (χ1) is 7.84. The number of carbonyl (C=O) groups excluding carboxylic acids is 1. The summed E-state index contributed by atoms with van der Waals surface area (Å²) in [5.74, 6) is 0.163. The number of carbonyl (C=O) groups is 1. The number of nitrogens with zero attached hydrogens (tertiary/aromatic N) is 1. The quantitative estimate of drug-likeness (QED) is 0.383. The third-order valence-electron chi connectivity index (χ3n) is 2.88. The summed E-state index contributed by atoms with van der Waals surface area (Å²) in [6.45, 7) is 4.07. The van der Waals surface area contributed by atoms with Crippen LogP contribution in [0.4, 0.5) is 0 Å². The summed E-state index contributed by atoms with van der Waals surface area (Å²) in [5.41, 5.74) is 0. The van der Waals surface area contributed by atoms with Crippen LogP contribution in [-0.2, 0) is 4.79 Å². The van der Waals surface area contributed by atoms with Crippen LogP contribution in [-0.4, -0.2) is 23.9 Å². The highest BCUT2D eigenvalue weighted by Gasteiger charge is 2.14. The third kappa shape index (κ3) is 5.15. The van der Waals surface area contributed by atoms with E-state index in [2.05, 4.69) is 13.0 Å². The molecule has 0 aliphatic carbocycles. The van der Waals surface area contributed by atoms with E-state index in [4.69, 9.17) is 0 Å². The molecule has 1 aliphatic heterocycles. The number of allylic oxidation sites excluding steroid dienone is 3. The van der Waals surface area contributed by atoms with Gasteiger partial charge in [-0.1, -0.05) is 38.0 Å². The second kappa shape index (κ2) is 8.14. The highest BCUT2D eigenvalue weighted by atomic mass is 16.2. The molecule has 0 N–H and O–H groups in total. The van der Waals surface area contributed by atoms with E-state index in [0.29, 0.717) is 0 Å². The van der Waals surface area contributed by atoms with Crippen molar-refractivity contribution in [3.05, 3.63) is 24.3 Å². The molecule has 1 fully saturated rings. The van der Waals surface area contributed by atoms with Crippen LogP contribution in [0.2, 0.25) is 0 Å². The number of rotatable bonds is 6. The van der Waals surface area contributed by atoms with E-state index in [-0.39, 0.29) is 5.91 Å². The zero-order chi connectivity index (χ0) is 11.6. The second-order valence-electron chi connectivity index (χ2n) is 4.32. The van der Waals surface area contributed by atoms with E-state index in [1.54, 1.807) is 6.08 Å². The fourth-order valence-electron chi connectivity index (χ4n) is 1.87. The lowest BCUT2D eigenvalue weighted by molar-refractivity contribution is -0.124. The van der Waals surface area contributed by atoms with Crippen molar-refractivity contribution in [3.8, 4) is 0 Å². The zero-order valence-corrected chi connectivity index (χ0v) is 10.3. The van der Waals surface area contributed by atoms with Gasteiger partial charge in [-0.2, -0.15) is 0 Å². The molecule has 0 unspecified atom stereocenters. The molecular weight excluding hydrogens is 198 g/mol. The molecule has 0 spiro atoms. The van der Waals surface area contributed by atoms with Gasteiger partial charge in [0.1, 0.15) is 0 Å². The maximum absolute atomic E-state index is 11.6. The van der Waals surface area contributed by atoms with Crippen LogP contribution in [0.5, 0.6) is 0 Å². The molecule has 2 nitrogen and oxygen atoms in total. The van der Waals surface area contributed by atoms with Crippen molar-refractivity contribution in [2.24, 2.45) is 0 Å². The summed E-state index contributed by atoms with van der Waals surface area (Å²) in [5, 5.41) is 0. The maximum Gasteiger partial charge on any atom is 0.246 e. The minimum absolute atomic E-state index is 0.163. The van der Waals surface area contributed by atoms with Crippen molar-refractivity contribution in [1.29, 1.82) is 0 Å². The first-order valence-electron chi connectivity index (χ1n) is 6.46. The summed E-state index contributed by atoms with van der Waals surface area (Å²) >= 11 is 0. The highest BCUT2D eigenvalue weighted by Crippen LogP contribution is 2.07. The average Bonchev–Trinajstić information content (AvgIpc) is 2.81. The van der Waals surface area contributed by atoms with E-state index in [9.17, 15) is 4.79 Å². The highest BCUT2D eigenvalue weighted by molar-refractivity contribution is 5.88. The number of amides is 1. The van der Waals surface area contributed by atoms with Gasteiger partial charge in [-0.05, 0) is 25.7 Å². The molecule has 1 amide bonds. The van der Waals surface area contributed by atoms with E-state index in [0.717, 1.165) is 32.4 Å². The van der Waals surface area contributed by atoms with Crippen molar-refractivity contribution in [3.63, 3.8) is 0 Å². The molecule has 90 valence electrons. The number of unbranched alkanes of at least 4 members (excludes halogenated alkanes) is 3. The van der Waals surface area contributed by atoms with E-state index >= 15 is 0 Å². The Balaban J connectivity index is 2.12. The summed E-state index contributed by atoms with van der Waals surface area (Å²) in [4.78, 5) is 13.5. The molecule has 0 bridgehead atoms. The fourth-order valence-corrected chi connectivity index (χ4v) is 1.87. The van der Waals surface area contributed by atoms with Crippen molar-refractivity contribution in [1.82, 2.24) is 4.90 Å². The van der Waals surface area contributed by atoms with Gasteiger partial charge in [0.15, 0.2) is 0 Å². The summed E-state index contributed by atoms with van der Waals surface area (Å²) in [7, 11) is 0.